The van der Waals surface area contributed by atoms with Crippen LogP contribution in [-0.2, 0) is 0 Å². The highest BCUT2D eigenvalue weighted by atomic mass is 32.2. The van der Waals surface area contributed by atoms with E-state index in [0.29, 0.717) is 11.4 Å². The Bertz CT molecular complexity index is 509. The fourth-order valence-corrected chi connectivity index (χ4v) is 3.33. The number of hydrazine groups is 1. The molecule has 1 aromatic heterocycles. The third-order valence-electron chi connectivity index (χ3n) is 4.12. The van der Waals surface area contributed by atoms with Crippen LogP contribution in [0, 0.1) is 0 Å². The molecule has 1 saturated carbocycles. The number of nitrogen functional groups attached to an aromatic ring is 1. The first-order valence-corrected chi connectivity index (χ1v) is 8.54. The number of carbonyl (C=O) groups excluding carboxylic acids is 1. The first kappa shape index (κ1) is 16.1. The molecule has 0 atom stereocenters. The average molecular weight is 308 g/mol. The van der Waals surface area contributed by atoms with Crippen LogP contribution in [0.1, 0.15) is 55.1 Å². The van der Waals surface area contributed by atoms with Crippen molar-refractivity contribution in [3.8, 4) is 0 Å². The van der Waals surface area contributed by atoms with Crippen molar-refractivity contribution in [3.05, 3.63) is 23.4 Å². The van der Waals surface area contributed by atoms with E-state index in [9.17, 15) is 4.79 Å². The van der Waals surface area contributed by atoms with E-state index in [1.54, 1.807) is 6.07 Å². The minimum absolute atomic E-state index is 0.0591. The van der Waals surface area contributed by atoms with Crippen LogP contribution in [0.25, 0.3) is 0 Å². The summed E-state index contributed by atoms with van der Waals surface area (Å²) in [5.74, 6) is 6.14. The van der Waals surface area contributed by atoms with E-state index in [0.717, 1.165) is 12.2 Å². The van der Waals surface area contributed by atoms with Gasteiger partial charge in [0.2, 0.25) is 0 Å². The maximum Gasteiger partial charge on any atom is 0.251 e. The van der Waals surface area contributed by atoms with Crippen LogP contribution in [0.2, 0.25) is 0 Å². The maximum absolute atomic E-state index is 12.4. The Labute approximate surface area is 130 Å². The van der Waals surface area contributed by atoms with Gasteiger partial charge in [0.25, 0.3) is 5.91 Å². The topological polar surface area (TPSA) is 80.0 Å². The molecule has 2 rings (SSSR count). The van der Waals surface area contributed by atoms with Crippen molar-refractivity contribution in [1.29, 1.82) is 0 Å². The van der Waals surface area contributed by atoms with E-state index >= 15 is 0 Å². The first-order valence-electron chi connectivity index (χ1n) is 7.31. The number of rotatable bonds is 6. The highest BCUT2D eigenvalue weighted by molar-refractivity contribution is 8.00. The standard InChI is InChI=1S/C15H24N4OS/c1-10(2)12-7-11(8-13(18-12)19-16)14(20)17-9-15(21-3)5-4-6-15/h7-8,10H,4-6,9,16H2,1-3H3,(H,17,20)(H,18,19). The number of amides is 1. The summed E-state index contributed by atoms with van der Waals surface area (Å²) in [6.07, 6.45) is 5.73. The number of pyridine rings is 1. The number of anilines is 1. The fraction of sp³-hybridized carbons (Fsp3) is 0.600. The molecule has 1 aliphatic carbocycles. The summed E-state index contributed by atoms with van der Waals surface area (Å²) in [5, 5.41) is 3.05. The Balaban J connectivity index is 2.09. The third kappa shape index (κ3) is 3.68. The van der Waals surface area contributed by atoms with Crippen molar-refractivity contribution in [3.63, 3.8) is 0 Å². The van der Waals surface area contributed by atoms with Gasteiger partial charge in [0.1, 0.15) is 5.82 Å². The van der Waals surface area contributed by atoms with E-state index < -0.39 is 0 Å². The molecule has 0 unspecified atom stereocenters. The van der Waals surface area contributed by atoms with Crippen molar-refractivity contribution in [2.45, 2.75) is 43.8 Å². The molecule has 0 radical (unpaired) electrons. The van der Waals surface area contributed by atoms with Gasteiger partial charge in [-0.3, -0.25) is 4.79 Å². The molecule has 116 valence electrons. The second kappa shape index (κ2) is 6.66. The number of aromatic nitrogens is 1. The first-order chi connectivity index (χ1) is 9.99. The predicted octanol–water partition coefficient (Wildman–Crippen LogP) is 2.51. The van der Waals surface area contributed by atoms with Crippen LogP contribution in [0.4, 0.5) is 5.82 Å². The van der Waals surface area contributed by atoms with Gasteiger partial charge >= 0.3 is 0 Å². The van der Waals surface area contributed by atoms with Crippen LogP contribution >= 0.6 is 11.8 Å². The number of thioether (sulfide) groups is 1. The number of nitrogens with zero attached hydrogens (tertiary/aromatic N) is 1. The minimum Gasteiger partial charge on any atom is -0.351 e. The Morgan fingerprint density at radius 2 is 2.19 bits per heavy atom. The molecule has 5 nitrogen and oxygen atoms in total. The number of hydrogen-bond acceptors (Lipinski definition) is 5. The minimum atomic E-state index is -0.0591. The maximum atomic E-state index is 12.4. The summed E-state index contributed by atoms with van der Waals surface area (Å²) >= 11 is 1.85. The number of carbonyl (C=O) groups is 1. The molecule has 21 heavy (non-hydrogen) atoms. The van der Waals surface area contributed by atoms with Gasteiger partial charge in [-0.2, -0.15) is 11.8 Å². The zero-order valence-corrected chi connectivity index (χ0v) is 13.7. The summed E-state index contributed by atoms with van der Waals surface area (Å²) in [4.78, 5) is 16.7. The van der Waals surface area contributed by atoms with Crippen molar-refractivity contribution in [2.75, 3.05) is 18.2 Å². The zero-order valence-electron chi connectivity index (χ0n) is 12.9. The van der Waals surface area contributed by atoms with Gasteiger partial charge in [0.05, 0.1) is 0 Å². The van der Waals surface area contributed by atoms with E-state index in [2.05, 4.69) is 22.0 Å². The van der Waals surface area contributed by atoms with Gasteiger partial charge in [-0.05, 0) is 37.1 Å². The van der Waals surface area contributed by atoms with Crippen LogP contribution in [0.3, 0.4) is 0 Å². The van der Waals surface area contributed by atoms with Crippen LogP contribution < -0.4 is 16.6 Å². The fourth-order valence-electron chi connectivity index (χ4n) is 2.42. The Hall–Kier alpha value is -1.27. The number of nitrogens with one attached hydrogen (secondary N) is 2. The molecule has 1 aromatic rings. The second-order valence-electron chi connectivity index (χ2n) is 5.89. The van der Waals surface area contributed by atoms with E-state index in [-0.39, 0.29) is 16.6 Å². The van der Waals surface area contributed by atoms with Gasteiger partial charge in [0.15, 0.2) is 0 Å². The van der Waals surface area contributed by atoms with Gasteiger partial charge in [-0.25, -0.2) is 10.8 Å². The third-order valence-corrected chi connectivity index (χ3v) is 5.53. The summed E-state index contributed by atoms with van der Waals surface area (Å²) in [6, 6.07) is 3.53. The van der Waals surface area contributed by atoms with E-state index in [4.69, 9.17) is 5.84 Å². The molecule has 0 aliphatic heterocycles. The molecular formula is C15H24N4OS. The van der Waals surface area contributed by atoms with E-state index in [1.165, 1.54) is 19.3 Å². The normalized spacial score (nSPS) is 16.4. The largest absolute Gasteiger partial charge is 0.351 e. The van der Waals surface area contributed by atoms with Crippen LogP contribution in [0.15, 0.2) is 12.1 Å². The summed E-state index contributed by atoms with van der Waals surface area (Å²) in [5.41, 5.74) is 4.00. The number of hydrogen-bond donors (Lipinski definition) is 3. The Kier molecular flexibility index (Phi) is 5.11. The lowest BCUT2D eigenvalue weighted by molar-refractivity contribution is 0.0943. The molecule has 0 aromatic carbocycles. The molecule has 0 spiro atoms. The lowest BCUT2D eigenvalue weighted by atomic mass is 9.84. The van der Waals surface area contributed by atoms with Crippen molar-refractivity contribution in [1.82, 2.24) is 10.3 Å². The summed E-state index contributed by atoms with van der Waals surface area (Å²) < 4.78 is 0.235. The Morgan fingerprint density at radius 1 is 1.48 bits per heavy atom. The molecule has 0 bridgehead atoms. The SMILES string of the molecule is CSC1(CNC(=O)c2cc(NN)nc(C(C)C)c2)CCC1. The van der Waals surface area contributed by atoms with Gasteiger partial charge in [-0.15, -0.1) is 0 Å². The van der Waals surface area contributed by atoms with Crippen LogP contribution in [-0.4, -0.2) is 28.4 Å². The zero-order chi connectivity index (χ0) is 15.5. The van der Waals surface area contributed by atoms with Gasteiger partial charge in [0, 0.05) is 22.5 Å². The molecular weight excluding hydrogens is 284 g/mol. The summed E-state index contributed by atoms with van der Waals surface area (Å²) in [6.45, 7) is 4.81. The molecule has 4 N–H and O–H groups in total. The van der Waals surface area contributed by atoms with E-state index in [1.807, 2.05) is 31.7 Å². The Morgan fingerprint density at radius 3 is 2.67 bits per heavy atom. The van der Waals surface area contributed by atoms with Crippen molar-refractivity contribution < 1.29 is 4.79 Å². The van der Waals surface area contributed by atoms with Gasteiger partial charge < -0.3 is 10.7 Å². The molecule has 0 saturated heterocycles. The van der Waals surface area contributed by atoms with Crippen LogP contribution in [0.5, 0.6) is 0 Å². The monoisotopic (exact) mass is 308 g/mol. The molecule has 1 heterocycles. The highest BCUT2D eigenvalue weighted by Crippen LogP contribution is 2.42. The van der Waals surface area contributed by atoms with Crippen molar-refractivity contribution in [2.24, 2.45) is 5.84 Å². The molecule has 6 heteroatoms. The second-order valence-corrected chi connectivity index (χ2v) is 7.16. The lowest BCUT2D eigenvalue weighted by Gasteiger charge is -2.40. The smallest absolute Gasteiger partial charge is 0.251 e. The molecule has 1 fully saturated rings. The summed E-state index contributed by atoms with van der Waals surface area (Å²) in [7, 11) is 0. The van der Waals surface area contributed by atoms with Gasteiger partial charge in [-0.1, -0.05) is 20.3 Å². The molecule has 1 aliphatic rings. The highest BCUT2D eigenvalue weighted by Gasteiger charge is 2.36. The average Bonchev–Trinajstić information content (AvgIpc) is 2.45. The predicted molar refractivity (Wildman–Crippen MR) is 88.6 cm³/mol. The van der Waals surface area contributed by atoms with Crippen molar-refractivity contribution >= 4 is 23.5 Å². The number of nitrogens with two attached hydrogens (primary N) is 1. The molecule has 1 amide bonds. The lowest BCUT2D eigenvalue weighted by Crippen LogP contribution is -2.45. The quantitative estimate of drug-likeness (QED) is 0.556.